The van der Waals surface area contributed by atoms with Crippen molar-refractivity contribution in [1.29, 1.82) is 0 Å². The fraction of sp³-hybridized carbons (Fsp3) is 0.222. The minimum atomic E-state index is -0.267. The molecule has 0 atom stereocenters. The first-order chi connectivity index (χ1) is 10.5. The normalized spacial score (nSPS) is 20.1. The van der Waals surface area contributed by atoms with Crippen LogP contribution in [0.3, 0.4) is 0 Å². The summed E-state index contributed by atoms with van der Waals surface area (Å²) in [4.78, 5) is 23.2. The number of hydrogen-bond donors (Lipinski definition) is 2. The van der Waals surface area contributed by atoms with E-state index in [1.807, 2.05) is 26.0 Å². The molecule has 2 aliphatic carbocycles. The van der Waals surface area contributed by atoms with E-state index in [4.69, 9.17) is 0 Å². The first-order valence-electron chi connectivity index (χ1n) is 7.17. The van der Waals surface area contributed by atoms with Crippen molar-refractivity contribution in [3.63, 3.8) is 0 Å². The van der Waals surface area contributed by atoms with Gasteiger partial charge in [0.15, 0.2) is 11.6 Å². The monoisotopic (exact) mass is 355 g/mol. The minimum absolute atomic E-state index is 0. The van der Waals surface area contributed by atoms with E-state index >= 15 is 0 Å². The fourth-order valence-electron chi connectivity index (χ4n) is 1.94. The third-order valence-corrected chi connectivity index (χ3v) is 3.26. The van der Waals surface area contributed by atoms with Crippen LogP contribution in [0.2, 0.25) is 0 Å². The van der Waals surface area contributed by atoms with Crippen LogP contribution in [0.15, 0.2) is 72.2 Å². The molecule has 2 N–H and O–H groups in total. The fourth-order valence-corrected chi connectivity index (χ4v) is 1.94. The van der Waals surface area contributed by atoms with Crippen LogP contribution in [0.4, 0.5) is 0 Å². The molecular formula is C18H20CoN2O2. The molecule has 2 aliphatic rings. The molecule has 0 amide bonds. The van der Waals surface area contributed by atoms with E-state index in [2.05, 4.69) is 10.6 Å². The second kappa shape index (κ2) is 8.50. The molecule has 0 unspecified atom stereocenters. The zero-order valence-corrected chi connectivity index (χ0v) is 14.2. The molecule has 0 aliphatic heterocycles. The number of rotatable bonds is 5. The third kappa shape index (κ3) is 5.88. The second-order valence-corrected chi connectivity index (χ2v) is 5.77. The summed E-state index contributed by atoms with van der Waals surface area (Å²) in [5.41, 5.74) is 0.994. The molecule has 5 heteroatoms. The van der Waals surface area contributed by atoms with Gasteiger partial charge < -0.3 is 10.6 Å². The quantitative estimate of drug-likeness (QED) is 0.742. The number of carbonyl (C=O) groups excluding carboxylic acids is 2. The van der Waals surface area contributed by atoms with E-state index in [9.17, 15) is 9.59 Å². The van der Waals surface area contributed by atoms with Crippen molar-refractivity contribution < 1.29 is 26.4 Å². The predicted octanol–water partition coefficient (Wildman–Crippen LogP) is 2.10. The maximum atomic E-state index is 11.6. The average Bonchev–Trinajstić information content (AvgIpc) is 2.48. The van der Waals surface area contributed by atoms with E-state index in [1.54, 1.807) is 36.7 Å². The van der Waals surface area contributed by atoms with Gasteiger partial charge in [0.1, 0.15) is 0 Å². The second-order valence-electron chi connectivity index (χ2n) is 5.77. The van der Waals surface area contributed by atoms with Crippen molar-refractivity contribution in [2.45, 2.75) is 19.4 Å². The molecule has 0 saturated heterocycles. The Morgan fingerprint density at radius 3 is 1.87 bits per heavy atom. The zero-order chi connectivity index (χ0) is 16.0. The summed E-state index contributed by atoms with van der Waals surface area (Å²) in [5.74, 6) is -0.0155. The third-order valence-electron chi connectivity index (χ3n) is 3.26. The molecule has 0 bridgehead atoms. The minimum Gasteiger partial charge on any atom is -0.388 e. The average molecular weight is 355 g/mol. The van der Waals surface area contributed by atoms with Crippen LogP contribution in [0, 0.1) is 0 Å². The van der Waals surface area contributed by atoms with E-state index < -0.39 is 0 Å². The Balaban J connectivity index is 0.00000264. The summed E-state index contributed by atoms with van der Waals surface area (Å²) < 4.78 is 0. The Morgan fingerprint density at radius 2 is 1.35 bits per heavy atom. The molecule has 0 saturated carbocycles. The number of hydrogen-bond acceptors (Lipinski definition) is 4. The summed E-state index contributed by atoms with van der Waals surface area (Å²) in [7, 11) is 0. The van der Waals surface area contributed by atoms with Gasteiger partial charge in [-0.25, -0.2) is 0 Å². The maximum Gasteiger partial charge on any atom is 0.187 e. The van der Waals surface area contributed by atoms with E-state index in [0.717, 1.165) is 0 Å². The van der Waals surface area contributed by atoms with Crippen LogP contribution in [-0.4, -0.2) is 23.7 Å². The topological polar surface area (TPSA) is 58.2 Å². The van der Waals surface area contributed by atoms with Gasteiger partial charge in [0, 0.05) is 52.4 Å². The van der Waals surface area contributed by atoms with Crippen molar-refractivity contribution >= 4 is 11.6 Å². The van der Waals surface area contributed by atoms with Crippen LogP contribution < -0.4 is 10.6 Å². The van der Waals surface area contributed by atoms with Crippen molar-refractivity contribution in [2.24, 2.45) is 0 Å². The van der Waals surface area contributed by atoms with Crippen molar-refractivity contribution in [3.05, 3.63) is 72.2 Å². The standard InChI is InChI=1S/C18H20N2O2.Co/c1-18(2,20-12-15-8-4-6-10-17(15)22)13-19-11-14-7-3-5-9-16(14)21;/h3-12,19-20H,13H2,1-2H3;. The van der Waals surface area contributed by atoms with E-state index in [1.165, 1.54) is 12.2 Å². The summed E-state index contributed by atoms with van der Waals surface area (Å²) in [6.45, 7) is 4.64. The molecule has 4 nitrogen and oxygen atoms in total. The first kappa shape index (κ1) is 18.9. The number of allylic oxidation sites excluding steroid dienone is 10. The van der Waals surface area contributed by atoms with Crippen LogP contribution >= 0.6 is 0 Å². The predicted molar refractivity (Wildman–Crippen MR) is 88.0 cm³/mol. The van der Waals surface area contributed by atoms with Gasteiger partial charge in [-0.2, -0.15) is 0 Å². The summed E-state index contributed by atoms with van der Waals surface area (Å²) in [6.07, 6.45) is 17.2. The van der Waals surface area contributed by atoms with Gasteiger partial charge in [-0.05, 0) is 38.2 Å². The summed E-state index contributed by atoms with van der Waals surface area (Å²) in [6, 6.07) is 0. The first-order valence-corrected chi connectivity index (χ1v) is 7.17. The molecule has 0 fully saturated rings. The molecule has 0 spiro atoms. The van der Waals surface area contributed by atoms with Crippen molar-refractivity contribution in [1.82, 2.24) is 10.6 Å². The van der Waals surface area contributed by atoms with Crippen LogP contribution in [-0.2, 0) is 26.4 Å². The number of carbonyl (C=O) groups is 2. The SMILES string of the molecule is CC(C)(CNC=C1C=CC=CC1=O)NC=C1C=CC=CC1=O.[Co]. The molecule has 0 aromatic heterocycles. The largest absolute Gasteiger partial charge is 0.388 e. The van der Waals surface area contributed by atoms with Crippen molar-refractivity contribution in [3.8, 4) is 0 Å². The van der Waals surface area contributed by atoms with E-state index in [-0.39, 0.29) is 33.9 Å². The van der Waals surface area contributed by atoms with Crippen LogP contribution in [0.5, 0.6) is 0 Å². The molecule has 0 aromatic rings. The van der Waals surface area contributed by atoms with E-state index in [0.29, 0.717) is 17.7 Å². The van der Waals surface area contributed by atoms with Gasteiger partial charge in [-0.3, -0.25) is 9.59 Å². The molecule has 23 heavy (non-hydrogen) atoms. The molecule has 0 heterocycles. The van der Waals surface area contributed by atoms with Crippen LogP contribution in [0.1, 0.15) is 13.8 Å². The summed E-state index contributed by atoms with van der Waals surface area (Å²) in [5, 5.41) is 6.38. The molecule has 1 radical (unpaired) electrons. The molecular weight excluding hydrogens is 335 g/mol. The Morgan fingerprint density at radius 1 is 0.870 bits per heavy atom. The van der Waals surface area contributed by atoms with Gasteiger partial charge in [-0.15, -0.1) is 0 Å². The van der Waals surface area contributed by atoms with Gasteiger partial charge in [0.25, 0.3) is 0 Å². The Labute approximate surface area is 147 Å². The Bertz CT molecular complexity index is 650. The number of ketones is 2. The molecule has 0 aromatic carbocycles. The van der Waals surface area contributed by atoms with Gasteiger partial charge in [0.2, 0.25) is 0 Å². The Hall–Kier alpha value is -2.11. The smallest absolute Gasteiger partial charge is 0.187 e. The van der Waals surface area contributed by atoms with Gasteiger partial charge in [0.05, 0.1) is 0 Å². The van der Waals surface area contributed by atoms with Crippen molar-refractivity contribution in [2.75, 3.05) is 6.54 Å². The number of nitrogens with one attached hydrogen (secondary N) is 2. The molecule has 2 rings (SSSR count). The van der Waals surface area contributed by atoms with Gasteiger partial charge >= 0.3 is 0 Å². The van der Waals surface area contributed by atoms with Gasteiger partial charge in [-0.1, -0.05) is 24.3 Å². The molecule has 123 valence electrons. The summed E-state index contributed by atoms with van der Waals surface area (Å²) >= 11 is 0. The zero-order valence-electron chi connectivity index (χ0n) is 13.1. The maximum absolute atomic E-state index is 11.6. The Kier molecular flexibility index (Phi) is 7.00. The van der Waals surface area contributed by atoms with Crippen LogP contribution in [0.25, 0.3) is 0 Å².